The average Bonchev–Trinajstić information content (AvgIpc) is 3.13. The van der Waals surface area contributed by atoms with Gasteiger partial charge in [0.05, 0.1) is 12.1 Å². The summed E-state index contributed by atoms with van der Waals surface area (Å²) in [6, 6.07) is 12.4. The topological polar surface area (TPSA) is 20.3 Å². The van der Waals surface area contributed by atoms with E-state index in [2.05, 4.69) is 34.0 Å². The van der Waals surface area contributed by atoms with Gasteiger partial charge >= 0.3 is 0 Å². The Morgan fingerprint density at radius 2 is 2.05 bits per heavy atom. The minimum atomic E-state index is 0.168. The number of rotatable bonds is 4. The third-order valence-electron chi connectivity index (χ3n) is 3.26. The van der Waals surface area contributed by atoms with E-state index in [1.54, 1.807) is 11.3 Å². The van der Waals surface area contributed by atoms with Gasteiger partial charge in [0.15, 0.2) is 0 Å². The van der Waals surface area contributed by atoms with Crippen molar-refractivity contribution in [2.45, 2.75) is 25.4 Å². The number of carbonyl (C=O) groups is 1. The third kappa shape index (κ3) is 3.00. The molecule has 1 saturated carbocycles. The first-order valence-electron chi connectivity index (χ1n) is 6.33. The van der Waals surface area contributed by atoms with Crippen molar-refractivity contribution in [3.05, 3.63) is 55.8 Å². The quantitative estimate of drug-likeness (QED) is 0.727. The molecule has 1 fully saturated rings. The summed E-state index contributed by atoms with van der Waals surface area (Å²) in [5.74, 6) is 0.168. The van der Waals surface area contributed by atoms with Crippen molar-refractivity contribution in [1.82, 2.24) is 4.90 Å². The van der Waals surface area contributed by atoms with Gasteiger partial charge in [-0.15, -0.1) is 11.3 Å². The first kappa shape index (κ1) is 13.1. The maximum absolute atomic E-state index is 12.7. The molecule has 98 valence electrons. The lowest BCUT2D eigenvalue weighted by atomic mass is 10.2. The standard InChI is InChI=1S/C15H14INOS/c16-14-6-2-1-5-13(14)15(18)17(11-7-8-11)10-12-4-3-9-19-12/h1-6,9,11H,7-8,10H2. The molecule has 4 heteroatoms. The zero-order chi connectivity index (χ0) is 13.2. The van der Waals surface area contributed by atoms with E-state index < -0.39 is 0 Å². The molecule has 0 spiro atoms. The van der Waals surface area contributed by atoms with Crippen molar-refractivity contribution < 1.29 is 4.79 Å². The summed E-state index contributed by atoms with van der Waals surface area (Å²) >= 11 is 3.96. The van der Waals surface area contributed by atoms with Crippen LogP contribution in [0.3, 0.4) is 0 Å². The fraction of sp³-hybridized carbons (Fsp3) is 0.267. The van der Waals surface area contributed by atoms with Crippen LogP contribution in [0.4, 0.5) is 0 Å². The van der Waals surface area contributed by atoms with Crippen molar-refractivity contribution in [2.75, 3.05) is 0 Å². The summed E-state index contributed by atoms with van der Waals surface area (Å²) in [6.45, 7) is 0.742. The fourth-order valence-corrected chi connectivity index (χ4v) is 3.43. The number of hydrogen-bond acceptors (Lipinski definition) is 2. The summed E-state index contributed by atoms with van der Waals surface area (Å²) < 4.78 is 1.03. The lowest BCUT2D eigenvalue weighted by Crippen LogP contribution is -2.32. The normalized spacial score (nSPS) is 14.4. The van der Waals surface area contributed by atoms with Crippen molar-refractivity contribution in [3.63, 3.8) is 0 Å². The monoisotopic (exact) mass is 383 g/mol. The second-order valence-corrected chi connectivity index (χ2v) is 6.92. The molecular formula is C15H14INOS. The average molecular weight is 383 g/mol. The molecule has 3 rings (SSSR count). The Hall–Kier alpha value is -0.880. The molecule has 1 aliphatic rings. The van der Waals surface area contributed by atoms with Gasteiger partial charge in [-0.1, -0.05) is 18.2 Å². The number of thiophene rings is 1. The van der Waals surface area contributed by atoms with E-state index in [9.17, 15) is 4.79 Å². The Kier molecular flexibility index (Phi) is 3.88. The van der Waals surface area contributed by atoms with E-state index in [0.29, 0.717) is 6.04 Å². The van der Waals surface area contributed by atoms with Gasteiger partial charge in [-0.2, -0.15) is 0 Å². The smallest absolute Gasteiger partial charge is 0.255 e. The van der Waals surface area contributed by atoms with E-state index in [-0.39, 0.29) is 5.91 Å². The molecule has 0 saturated heterocycles. The predicted octanol–water partition coefficient (Wildman–Crippen LogP) is 4.16. The molecule has 19 heavy (non-hydrogen) atoms. The van der Waals surface area contributed by atoms with Gasteiger partial charge in [0.1, 0.15) is 0 Å². The van der Waals surface area contributed by atoms with Gasteiger partial charge in [-0.05, 0) is 59.0 Å². The number of nitrogens with zero attached hydrogens (tertiary/aromatic N) is 1. The molecule has 1 aromatic heterocycles. The van der Waals surface area contributed by atoms with Gasteiger partial charge in [-0.25, -0.2) is 0 Å². The molecule has 1 amide bonds. The van der Waals surface area contributed by atoms with E-state index in [1.165, 1.54) is 4.88 Å². The van der Waals surface area contributed by atoms with Crippen molar-refractivity contribution in [2.24, 2.45) is 0 Å². The summed E-state index contributed by atoms with van der Waals surface area (Å²) in [6.07, 6.45) is 2.28. The minimum absolute atomic E-state index is 0.168. The molecule has 0 unspecified atom stereocenters. The zero-order valence-corrected chi connectivity index (χ0v) is 13.4. The van der Waals surface area contributed by atoms with E-state index in [0.717, 1.165) is 28.5 Å². The van der Waals surface area contributed by atoms with Crippen LogP contribution in [0, 0.1) is 3.57 Å². The number of halogens is 1. The van der Waals surface area contributed by atoms with Crippen LogP contribution in [0.2, 0.25) is 0 Å². The fourth-order valence-electron chi connectivity index (χ4n) is 2.11. The number of amides is 1. The Morgan fingerprint density at radius 3 is 2.68 bits per heavy atom. The Morgan fingerprint density at radius 1 is 1.26 bits per heavy atom. The SMILES string of the molecule is O=C(c1ccccc1I)N(Cc1cccs1)C1CC1. The molecule has 0 N–H and O–H groups in total. The molecule has 1 aromatic carbocycles. The maximum Gasteiger partial charge on any atom is 0.255 e. The molecule has 0 radical (unpaired) electrons. The van der Waals surface area contributed by atoms with E-state index >= 15 is 0 Å². The number of benzene rings is 1. The summed E-state index contributed by atoms with van der Waals surface area (Å²) in [5, 5.41) is 2.07. The van der Waals surface area contributed by atoms with Crippen LogP contribution in [0.5, 0.6) is 0 Å². The first-order valence-corrected chi connectivity index (χ1v) is 8.29. The molecule has 2 nitrogen and oxygen atoms in total. The van der Waals surface area contributed by atoms with Crippen LogP contribution in [0.1, 0.15) is 28.1 Å². The van der Waals surface area contributed by atoms with Gasteiger partial charge in [0, 0.05) is 14.5 Å². The summed E-state index contributed by atoms with van der Waals surface area (Å²) in [7, 11) is 0. The van der Waals surface area contributed by atoms with Crippen LogP contribution >= 0.6 is 33.9 Å². The van der Waals surface area contributed by atoms with Crippen LogP contribution < -0.4 is 0 Å². The van der Waals surface area contributed by atoms with E-state index in [1.807, 2.05) is 35.2 Å². The Labute approximate surface area is 130 Å². The first-order chi connectivity index (χ1) is 9.25. The van der Waals surface area contributed by atoms with E-state index in [4.69, 9.17) is 0 Å². The lowest BCUT2D eigenvalue weighted by molar-refractivity contribution is 0.0730. The lowest BCUT2D eigenvalue weighted by Gasteiger charge is -2.22. The minimum Gasteiger partial charge on any atom is -0.330 e. The highest BCUT2D eigenvalue weighted by Gasteiger charge is 2.33. The molecular weight excluding hydrogens is 369 g/mol. The highest BCUT2D eigenvalue weighted by atomic mass is 127. The molecule has 1 heterocycles. The molecule has 0 aliphatic heterocycles. The maximum atomic E-state index is 12.7. The summed E-state index contributed by atoms with van der Waals surface area (Å²) in [5.41, 5.74) is 0.826. The molecule has 0 bridgehead atoms. The molecule has 0 atom stereocenters. The van der Waals surface area contributed by atoms with Gasteiger partial charge in [-0.3, -0.25) is 4.79 Å². The number of carbonyl (C=O) groups excluding carboxylic acids is 1. The highest BCUT2D eigenvalue weighted by Crippen LogP contribution is 2.31. The molecule has 1 aliphatic carbocycles. The second-order valence-electron chi connectivity index (χ2n) is 4.72. The van der Waals surface area contributed by atoms with Crippen LogP contribution in [-0.4, -0.2) is 16.8 Å². The van der Waals surface area contributed by atoms with Crippen molar-refractivity contribution in [3.8, 4) is 0 Å². The third-order valence-corrected chi connectivity index (χ3v) is 5.06. The Bertz CT molecular complexity index is 578. The summed E-state index contributed by atoms with van der Waals surface area (Å²) in [4.78, 5) is 16.0. The number of hydrogen-bond donors (Lipinski definition) is 0. The zero-order valence-electron chi connectivity index (χ0n) is 10.4. The van der Waals surface area contributed by atoms with Crippen LogP contribution in [0.25, 0.3) is 0 Å². The second kappa shape index (κ2) is 5.63. The van der Waals surface area contributed by atoms with Crippen LogP contribution in [-0.2, 0) is 6.54 Å². The predicted molar refractivity (Wildman–Crippen MR) is 86.4 cm³/mol. The van der Waals surface area contributed by atoms with Gasteiger partial charge < -0.3 is 4.90 Å². The van der Waals surface area contributed by atoms with Crippen LogP contribution in [0.15, 0.2) is 41.8 Å². The highest BCUT2D eigenvalue weighted by molar-refractivity contribution is 14.1. The van der Waals surface area contributed by atoms with Crippen molar-refractivity contribution >= 4 is 39.8 Å². The Balaban J connectivity index is 1.84. The van der Waals surface area contributed by atoms with Gasteiger partial charge in [0.25, 0.3) is 5.91 Å². The largest absolute Gasteiger partial charge is 0.330 e. The van der Waals surface area contributed by atoms with Crippen molar-refractivity contribution in [1.29, 1.82) is 0 Å². The van der Waals surface area contributed by atoms with Gasteiger partial charge in [0.2, 0.25) is 0 Å². The molecule has 2 aromatic rings.